The van der Waals surface area contributed by atoms with Crippen LogP contribution in [0.5, 0.6) is 0 Å². The second kappa shape index (κ2) is 5.10. The minimum Gasteiger partial charge on any atom is -0.381 e. The van der Waals surface area contributed by atoms with Gasteiger partial charge in [0.2, 0.25) is 0 Å². The Bertz CT molecular complexity index is 574. The van der Waals surface area contributed by atoms with Crippen molar-refractivity contribution in [2.45, 2.75) is 25.9 Å². The smallest absolute Gasteiger partial charge is 0.159 e. The van der Waals surface area contributed by atoms with Gasteiger partial charge in [-0.25, -0.2) is 8.78 Å². The maximum Gasteiger partial charge on any atom is 0.159 e. The summed E-state index contributed by atoms with van der Waals surface area (Å²) in [5.74, 6) is -1.87. The third kappa shape index (κ3) is 2.66. The number of hydrogen-bond acceptors (Lipinski definition) is 1. The second-order valence-corrected chi connectivity index (χ2v) is 4.75. The van der Waals surface area contributed by atoms with Gasteiger partial charge in [-0.15, -0.1) is 0 Å². The molecule has 2 aromatic carbocycles. The van der Waals surface area contributed by atoms with Crippen molar-refractivity contribution in [2.24, 2.45) is 0 Å². The topological polar surface area (TPSA) is 20.2 Å². The lowest BCUT2D eigenvalue weighted by Crippen LogP contribution is -2.23. The summed E-state index contributed by atoms with van der Waals surface area (Å²) in [6.07, 6.45) is 0.910. The third-order valence-electron chi connectivity index (χ3n) is 3.41. The van der Waals surface area contributed by atoms with Gasteiger partial charge in [0, 0.05) is 0 Å². The van der Waals surface area contributed by atoms with Crippen molar-refractivity contribution in [3.8, 4) is 0 Å². The summed E-state index contributed by atoms with van der Waals surface area (Å²) >= 11 is 0. The predicted molar refractivity (Wildman–Crippen MR) is 70.9 cm³/mol. The van der Waals surface area contributed by atoms with E-state index >= 15 is 0 Å². The average Bonchev–Trinajstić information content (AvgIpc) is 2.41. The minimum absolute atomic E-state index is 0.329. The number of rotatable bonds is 3. The van der Waals surface area contributed by atoms with Crippen molar-refractivity contribution < 1.29 is 13.9 Å². The van der Waals surface area contributed by atoms with E-state index in [-0.39, 0.29) is 0 Å². The van der Waals surface area contributed by atoms with Crippen molar-refractivity contribution >= 4 is 0 Å². The summed E-state index contributed by atoms with van der Waals surface area (Å²) in [6.45, 7) is 3.61. The summed E-state index contributed by atoms with van der Waals surface area (Å²) in [5, 5.41) is 10.5. The van der Waals surface area contributed by atoms with E-state index in [1.165, 1.54) is 6.07 Å². The molecule has 0 spiro atoms. The zero-order valence-electron chi connectivity index (χ0n) is 11.0. The molecule has 3 heteroatoms. The van der Waals surface area contributed by atoms with E-state index in [0.29, 0.717) is 11.1 Å². The Labute approximate surface area is 111 Å². The lowest BCUT2D eigenvalue weighted by Gasteiger charge is -2.25. The van der Waals surface area contributed by atoms with Gasteiger partial charge in [-0.05, 0) is 42.2 Å². The van der Waals surface area contributed by atoms with E-state index in [1.54, 1.807) is 19.1 Å². The number of benzene rings is 2. The van der Waals surface area contributed by atoms with Gasteiger partial charge in [-0.2, -0.15) is 0 Å². The Morgan fingerprint density at radius 3 is 2.05 bits per heavy atom. The van der Waals surface area contributed by atoms with Gasteiger partial charge in [0.15, 0.2) is 11.6 Å². The predicted octanol–water partition coefficient (Wildman–Crippen LogP) is 3.78. The molecule has 0 aliphatic carbocycles. The van der Waals surface area contributed by atoms with Gasteiger partial charge in [0.1, 0.15) is 5.60 Å². The molecule has 2 aromatic rings. The number of aryl methyl sites for hydroxylation is 1. The average molecular weight is 262 g/mol. The van der Waals surface area contributed by atoms with Crippen LogP contribution in [0.1, 0.15) is 30.5 Å². The molecule has 1 N–H and O–H groups in total. The zero-order chi connectivity index (χ0) is 14.0. The first-order chi connectivity index (χ1) is 8.95. The monoisotopic (exact) mass is 262 g/mol. The molecule has 2 rings (SSSR count). The first-order valence-electron chi connectivity index (χ1n) is 6.22. The molecule has 1 nitrogen and oxygen atoms in total. The molecule has 0 aromatic heterocycles. The highest BCUT2D eigenvalue weighted by Gasteiger charge is 2.26. The summed E-state index contributed by atoms with van der Waals surface area (Å²) in [6, 6.07) is 10.9. The van der Waals surface area contributed by atoms with E-state index in [4.69, 9.17) is 0 Å². The highest BCUT2D eigenvalue weighted by molar-refractivity contribution is 5.36. The van der Waals surface area contributed by atoms with E-state index in [0.717, 1.165) is 24.1 Å². The molecule has 0 radical (unpaired) electrons. The number of halogens is 2. The molecule has 0 aliphatic heterocycles. The van der Waals surface area contributed by atoms with Crippen LogP contribution in [0.3, 0.4) is 0 Å². The van der Waals surface area contributed by atoms with Gasteiger partial charge in [-0.3, -0.25) is 0 Å². The van der Waals surface area contributed by atoms with Crippen molar-refractivity contribution in [1.29, 1.82) is 0 Å². The lowest BCUT2D eigenvalue weighted by molar-refractivity contribution is 0.102. The molecule has 0 saturated heterocycles. The maximum absolute atomic E-state index is 13.3. The van der Waals surface area contributed by atoms with E-state index < -0.39 is 17.2 Å². The Hall–Kier alpha value is -1.74. The Kier molecular flexibility index (Phi) is 3.67. The molecule has 0 saturated carbocycles. The van der Waals surface area contributed by atoms with Crippen LogP contribution in [0.25, 0.3) is 0 Å². The van der Waals surface area contributed by atoms with E-state index in [2.05, 4.69) is 0 Å². The van der Waals surface area contributed by atoms with Gasteiger partial charge in [0.25, 0.3) is 0 Å². The quantitative estimate of drug-likeness (QED) is 0.892. The van der Waals surface area contributed by atoms with Crippen LogP contribution in [-0.2, 0) is 12.0 Å². The van der Waals surface area contributed by atoms with Gasteiger partial charge >= 0.3 is 0 Å². The Morgan fingerprint density at radius 1 is 0.947 bits per heavy atom. The molecule has 0 bridgehead atoms. The van der Waals surface area contributed by atoms with Crippen LogP contribution in [0.2, 0.25) is 0 Å². The summed E-state index contributed by atoms with van der Waals surface area (Å²) in [5.41, 5.74) is 0.789. The van der Waals surface area contributed by atoms with Crippen LogP contribution in [0, 0.1) is 11.6 Å². The van der Waals surface area contributed by atoms with Crippen LogP contribution in [0.15, 0.2) is 42.5 Å². The standard InChI is InChI=1S/C16H16F2O/c1-3-11-4-6-12(7-5-11)16(2,19)13-8-9-14(17)15(18)10-13/h4-10,19H,3H2,1-2H3. The van der Waals surface area contributed by atoms with Gasteiger partial charge in [0.05, 0.1) is 0 Å². The highest BCUT2D eigenvalue weighted by atomic mass is 19.2. The van der Waals surface area contributed by atoms with Crippen LogP contribution in [-0.4, -0.2) is 5.11 Å². The first kappa shape index (κ1) is 13.7. The Morgan fingerprint density at radius 2 is 1.53 bits per heavy atom. The fourth-order valence-electron chi connectivity index (χ4n) is 2.03. The minimum atomic E-state index is -1.35. The molecule has 1 unspecified atom stereocenters. The Balaban J connectivity index is 2.41. The highest BCUT2D eigenvalue weighted by Crippen LogP contribution is 2.30. The van der Waals surface area contributed by atoms with Crippen molar-refractivity contribution in [3.05, 3.63) is 70.8 Å². The van der Waals surface area contributed by atoms with Crippen LogP contribution >= 0.6 is 0 Å². The number of aliphatic hydroxyl groups is 1. The van der Waals surface area contributed by atoms with Crippen molar-refractivity contribution in [3.63, 3.8) is 0 Å². The SMILES string of the molecule is CCc1ccc(C(C)(O)c2ccc(F)c(F)c2)cc1. The molecule has 1 atom stereocenters. The molecule has 0 fully saturated rings. The molecule has 0 heterocycles. The lowest BCUT2D eigenvalue weighted by atomic mass is 9.87. The molecule has 19 heavy (non-hydrogen) atoms. The fourth-order valence-corrected chi connectivity index (χ4v) is 2.03. The summed E-state index contributed by atoms with van der Waals surface area (Å²) in [7, 11) is 0. The molecular formula is C16H16F2O. The fraction of sp³-hybridized carbons (Fsp3) is 0.250. The molecule has 0 aliphatic rings. The van der Waals surface area contributed by atoms with Crippen LogP contribution < -0.4 is 0 Å². The van der Waals surface area contributed by atoms with E-state index in [1.807, 2.05) is 19.1 Å². The largest absolute Gasteiger partial charge is 0.381 e. The number of hydrogen-bond donors (Lipinski definition) is 1. The summed E-state index contributed by atoms with van der Waals surface area (Å²) < 4.78 is 26.2. The second-order valence-electron chi connectivity index (χ2n) is 4.75. The van der Waals surface area contributed by atoms with Crippen molar-refractivity contribution in [1.82, 2.24) is 0 Å². The first-order valence-corrected chi connectivity index (χ1v) is 6.22. The molecule has 0 amide bonds. The zero-order valence-corrected chi connectivity index (χ0v) is 11.0. The molecule has 100 valence electrons. The maximum atomic E-state index is 13.3. The third-order valence-corrected chi connectivity index (χ3v) is 3.41. The summed E-state index contributed by atoms with van der Waals surface area (Å²) in [4.78, 5) is 0. The van der Waals surface area contributed by atoms with Gasteiger partial charge in [-0.1, -0.05) is 37.3 Å². The van der Waals surface area contributed by atoms with Crippen molar-refractivity contribution in [2.75, 3.05) is 0 Å². The normalized spacial score (nSPS) is 14.2. The van der Waals surface area contributed by atoms with E-state index in [9.17, 15) is 13.9 Å². The molecular weight excluding hydrogens is 246 g/mol. The van der Waals surface area contributed by atoms with Gasteiger partial charge < -0.3 is 5.11 Å². The van der Waals surface area contributed by atoms with Crippen LogP contribution in [0.4, 0.5) is 8.78 Å².